The molecule has 0 fully saturated rings. The van der Waals surface area contributed by atoms with E-state index in [1.165, 1.54) is 12.3 Å². The third kappa shape index (κ3) is 2.50. The fraction of sp³-hybridized carbons (Fsp3) is 0. The highest BCUT2D eigenvalue weighted by molar-refractivity contribution is 7.93. The number of nitrogens with zero attached hydrogens (tertiary/aromatic N) is 2. The summed E-state index contributed by atoms with van der Waals surface area (Å²) in [4.78, 5) is -0.472. The van der Waals surface area contributed by atoms with Crippen molar-refractivity contribution >= 4 is 32.2 Å². The molecule has 0 unspecified atom stereocenters. The molecule has 90 valence electrons. The van der Waals surface area contributed by atoms with Crippen LogP contribution in [-0.2, 0) is 10.0 Å². The van der Waals surface area contributed by atoms with E-state index in [-0.39, 0.29) is 10.7 Å². The van der Waals surface area contributed by atoms with Crippen molar-refractivity contribution in [1.29, 1.82) is 0 Å². The smallest absolute Gasteiger partial charge is 0.265 e. The Bertz CT molecular complexity index is 627. The van der Waals surface area contributed by atoms with Crippen LogP contribution >= 0.6 is 11.5 Å². The second kappa shape index (κ2) is 4.26. The molecule has 2 rings (SSSR count). The lowest BCUT2D eigenvalue weighted by Crippen LogP contribution is -2.14. The van der Waals surface area contributed by atoms with Crippen LogP contribution in [0.25, 0.3) is 0 Å². The highest BCUT2D eigenvalue weighted by Gasteiger charge is 2.19. The molecule has 0 aliphatic rings. The third-order valence-corrected chi connectivity index (χ3v) is 3.95. The van der Waals surface area contributed by atoms with E-state index >= 15 is 0 Å². The van der Waals surface area contributed by atoms with Crippen LogP contribution in [0.3, 0.4) is 0 Å². The Balaban J connectivity index is 2.38. The van der Waals surface area contributed by atoms with Crippen molar-refractivity contribution in [3.63, 3.8) is 0 Å². The highest BCUT2D eigenvalue weighted by atomic mass is 32.2. The van der Waals surface area contributed by atoms with Gasteiger partial charge in [0, 0.05) is 17.2 Å². The van der Waals surface area contributed by atoms with E-state index in [1.807, 2.05) is 0 Å². The number of nitrogens with two attached hydrogens (primary N) is 1. The van der Waals surface area contributed by atoms with Gasteiger partial charge in [0.15, 0.2) is 0 Å². The number of anilines is 2. The monoisotopic (exact) mass is 274 g/mol. The molecule has 0 saturated carbocycles. The van der Waals surface area contributed by atoms with Gasteiger partial charge in [0.1, 0.15) is 15.7 Å². The predicted molar refractivity (Wildman–Crippen MR) is 61.5 cm³/mol. The maximum Gasteiger partial charge on any atom is 0.265 e. The molecule has 17 heavy (non-hydrogen) atoms. The van der Waals surface area contributed by atoms with E-state index in [1.54, 1.807) is 0 Å². The van der Waals surface area contributed by atoms with Crippen LogP contribution in [0.2, 0.25) is 0 Å². The van der Waals surface area contributed by atoms with Gasteiger partial charge in [-0.25, -0.2) is 12.8 Å². The summed E-state index contributed by atoms with van der Waals surface area (Å²) in [6, 6.07) is 3.35. The number of aromatic nitrogens is 2. The minimum absolute atomic E-state index is 0.154. The van der Waals surface area contributed by atoms with Gasteiger partial charge in [0.2, 0.25) is 0 Å². The van der Waals surface area contributed by atoms with Crippen molar-refractivity contribution in [3.8, 4) is 0 Å². The Labute approximate surface area is 100 Å². The number of hydrogen-bond acceptors (Lipinski definition) is 6. The van der Waals surface area contributed by atoms with E-state index in [2.05, 4.69) is 14.3 Å². The van der Waals surface area contributed by atoms with Gasteiger partial charge in [-0.2, -0.15) is 0 Å². The van der Waals surface area contributed by atoms with E-state index < -0.39 is 20.7 Å². The molecule has 0 saturated heterocycles. The molecule has 0 amide bonds. The molecular weight excluding hydrogens is 267 g/mol. The molecular formula is C8H7FN4O2S2. The van der Waals surface area contributed by atoms with Gasteiger partial charge in [-0.3, -0.25) is 4.72 Å². The maximum atomic E-state index is 13.4. The van der Waals surface area contributed by atoms with E-state index in [0.29, 0.717) is 0 Å². The number of sulfonamides is 1. The van der Waals surface area contributed by atoms with Crippen molar-refractivity contribution < 1.29 is 12.8 Å². The van der Waals surface area contributed by atoms with Gasteiger partial charge >= 0.3 is 0 Å². The number of rotatable bonds is 3. The van der Waals surface area contributed by atoms with Crippen molar-refractivity contribution in [2.45, 2.75) is 4.90 Å². The highest BCUT2D eigenvalue weighted by Crippen LogP contribution is 2.21. The normalized spacial score (nSPS) is 11.4. The van der Waals surface area contributed by atoms with Gasteiger partial charge in [-0.15, -0.1) is 5.10 Å². The van der Waals surface area contributed by atoms with Gasteiger partial charge in [-0.05, 0) is 18.2 Å². The molecule has 0 spiro atoms. The Kier molecular flexibility index (Phi) is 2.94. The number of nitrogens with one attached hydrogen (secondary N) is 1. The first kappa shape index (κ1) is 11.7. The molecule has 0 radical (unpaired) electrons. The van der Waals surface area contributed by atoms with Gasteiger partial charge in [0.05, 0.1) is 6.20 Å². The number of benzene rings is 1. The van der Waals surface area contributed by atoms with Gasteiger partial charge in [0.25, 0.3) is 10.0 Å². The predicted octanol–water partition coefficient (Wildman–Crippen LogP) is 1.06. The zero-order valence-corrected chi connectivity index (χ0v) is 9.93. The van der Waals surface area contributed by atoms with Crippen LogP contribution in [0, 0.1) is 5.82 Å². The second-order valence-electron chi connectivity index (χ2n) is 3.08. The number of nitrogen functional groups attached to an aromatic ring is 1. The van der Waals surface area contributed by atoms with Crippen LogP contribution in [-0.4, -0.2) is 18.0 Å². The summed E-state index contributed by atoms with van der Waals surface area (Å²) in [5, 5.41) is 3.67. The van der Waals surface area contributed by atoms with E-state index in [9.17, 15) is 12.8 Å². The van der Waals surface area contributed by atoms with Crippen LogP contribution in [0.1, 0.15) is 0 Å². The Morgan fingerprint density at radius 3 is 2.76 bits per heavy atom. The average molecular weight is 274 g/mol. The first-order chi connectivity index (χ1) is 7.99. The first-order valence-corrected chi connectivity index (χ1v) is 6.60. The lowest BCUT2D eigenvalue weighted by molar-refractivity contribution is 0.571. The molecule has 0 atom stereocenters. The molecule has 6 nitrogen and oxygen atoms in total. The summed E-state index contributed by atoms with van der Waals surface area (Å²) in [6.07, 6.45) is 1.23. The SMILES string of the molecule is Nc1ccc(S(=O)(=O)Nc2cnns2)c(F)c1. The van der Waals surface area contributed by atoms with Crippen LogP contribution < -0.4 is 10.5 Å². The standard InChI is InChI=1S/C8H7FN4O2S2/c9-6-3-5(10)1-2-7(6)17(14,15)12-8-4-11-13-16-8/h1-4,12H,10H2. The van der Waals surface area contributed by atoms with Crippen LogP contribution in [0.5, 0.6) is 0 Å². The molecule has 1 aromatic heterocycles. The number of halogens is 1. The summed E-state index contributed by atoms with van der Waals surface area (Å²) in [7, 11) is -3.98. The molecule has 1 aromatic carbocycles. The van der Waals surface area contributed by atoms with Crippen molar-refractivity contribution in [1.82, 2.24) is 9.59 Å². The summed E-state index contributed by atoms with van der Waals surface area (Å²) in [5.74, 6) is -0.907. The average Bonchev–Trinajstić information content (AvgIpc) is 2.68. The van der Waals surface area contributed by atoms with Crippen LogP contribution in [0.4, 0.5) is 15.1 Å². The number of hydrogen-bond donors (Lipinski definition) is 2. The largest absolute Gasteiger partial charge is 0.399 e. The summed E-state index contributed by atoms with van der Waals surface area (Å²) in [5.41, 5.74) is 5.49. The molecule has 1 heterocycles. The quantitative estimate of drug-likeness (QED) is 0.815. The molecule has 0 bridgehead atoms. The summed E-state index contributed by atoms with van der Waals surface area (Å²) in [6.45, 7) is 0. The summed E-state index contributed by atoms with van der Waals surface area (Å²) >= 11 is 0.855. The first-order valence-electron chi connectivity index (χ1n) is 4.34. The molecule has 9 heteroatoms. The zero-order valence-electron chi connectivity index (χ0n) is 8.29. The van der Waals surface area contributed by atoms with Crippen molar-refractivity contribution in [2.24, 2.45) is 0 Å². The van der Waals surface area contributed by atoms with Gasteiger partial charge in [-0.1, -0.05) is 4.49 Å². The molecule has 0 aliphatic carbocycles. The van der Waals surface area contributed by atoms with E-state index in [0.717, 1.165) is 23.7 Å². The molecule has 2 aromatic rings. The third-order valence-electron chi connectivity index (χ3n) is 1.84. The van der Waals surface area contributed by atoms with Gasteiger partial charge < -0.3 is 5.73 Å². The Morgan fingerprint density at radius 1 is 1.41 bits per heavy atom. The van der Waals surface area contributed by atoms with Crippen molar-refractivity contribution in [2.75, 3.05) is 10.5 Å². The maximum absolute atomic E-state index is 13.4. The fourth-order valence-corrected chi connectivity index (χ4v) is 2.88. The van der Waals surface area contributed by atoms with Crippen LogP contribution in [0.15, 0.2) is 29.3 Å². The minimum atomic E-state index is -3.98. The lowest BCUT2D eigenvalue weighted by atomic mass is 10.3. The topological polar surface area (TPSA) is 98.0 Å². The zero-order chi connectivity index (χ0) is 12.5. The summed E-state index contributed by atoms with van der Waals surface area (Å²) < 4.78 is 42.7. The molecule has 0 aliphatic heterocycles. The Hall–Kier alpha value is -1.74. The lowest BCUT2D eigenvalue weighted by Gasteiger charge is -2.06. The van der Waals surface area contributed by atoms with E-state index in [4.69, 9.17) is 5.73 Å². The second-order valence-corrected chi connectivity index (χ2v) is 5.51. The fourth-order valence-electron chi connectivity index (χ4n) is 1.13. The minimum Gasteiger partial charge on any atom is -0.399 e. The Morgan fingerprint density at radius 2 is 2.18 bits per heavy atom. The van der Waals surface area contributed by atoms with Crippen molar-refractivity contribution in [3.05, 3.63) is 30.2 Å². The molecule has 3 N–H and O–H groups in total.